The lowest BCUT2D eigenvalue weighted by Crippen LogP contribution is -2.15. The molecule has 3 aromatic carbocycles. The topological polar surface area (TPSA) is 15.3 Å². The summed E-state index contributed by atoms with van der Waals surface area (Å²) >= 11 is 0. The number of fused-ring (bicyclic) bond motifs is 2. The minimum Gasteiger partial charge on any atom is -0.367 e. The number of anilines is 2. The fourth-order valence-electron chi connectivity index (χ4n) is 4.84. The third kappa shape index (κ3) is 6.31. The Balaban J connectivity index is 1.49. The first-order valence-corrected chi connectivity index (χ1v) is 13.6. The molecule has 2 heteroatoms. The molecule has 40 heavy (non-hydrogen) atoms. The third-order valence-electron chi connectivity index (χ3n) is 6.85. The van der Waals surface area contributed by atoms with E-state index in [-0.39, 0.29) is 0 Å². The largest absolute Gasteiger partial charge is 0.367 e. The Bertz CT molecular complexity index is 1600. The van der Waals surface area contributed by atoms with Crippen molar-refractivity contribution < 1.29 is 0 Å². The summed E-state index contributed by atoms with van der Waals surface area (Å²) in [5.41, 5.74) is 10.2. The van der Waals surface area contributed by atoms with Gasteiger partial charge in [0.2, 0.25) is 0 Å². The van der Waals surface area contributed by atoms with Crippen LogP contribution in [0, 0.1) is 0 Å². The lowest BCUT2D eigenvalue weighted by molar-refractivity contribution is 1.16. The third-order valence-corrected chi connectivity index (χ3v) is 6.85. The maximum Gasteiger partial charge on any atom is 0.0496 e. The van der Waals surface area contributed by atoms with Gasteiger partial charge in [0.25, 0.3) is 0 Å². The van der Waals surface area contributed by atoms with Gasteiger partial charge in [-0.1, -0.05) is 122 Å². The molecule has 0 amide bonds. The molecule has 2 aliphatic heterocycles. The maximum absolute atomic E-state index is 4.38. The van der Waals surface area contributed by atoms with Gasteiger partial charge in [-0.15, -0.1) is 0 Å². The van der Waals surface area contributed by atoms with Crippen LogP contribution in [0.25, 0.3) is 17.2 Å². The molecule has 0 atom stereocenters. The number of para-hydroxylation sites is 1. The van der Waals surface area contributed by atoms with Gasteiger partial charge in [0.05, 0.1) is 0 Å². The number of hydrogen-bond acceptors (Lipinski definition) is 2. The van der Waals surface area contributed by atoms with Crippen molar-refractivity contribution in [2.24, 2.45) is 0 Å². The van der Waals surface area contributed by atoms with Crippen molar-refractivity contribution in [2.75, 3.05) is 4.90 Å². The summed E-state index contributed by atoms with van der Waals surface area (Å²) in [5.74, 6) is 0. The number of benzene rings is 3. The van der Waals surface area contributed by atoms with Crippen LogP contribution >= 0.6 is 0 Å². The smallest absolute Gasteiger partial charge is 0.0496 e. The molecule has 196 valence electrons. The van der Waals surface area contributed by atoms with Crippen molar-refractivity contribution in [3.05, 3.63) is 187 Å². The van der Waals surface area contributed by atoms with E-state index in [1.807, 2.05) is 37.6 Å². The second kappa shape index (κ2) is 13.1. The molecule has 0 saturated heterocycles. The number of rotatable bonds is 4. The number of allylic oxidation sites excluding steroid dienone is 13. The van der Waals surface area contributed by atoms with E-state index in [1.165, 1.54) is 11.1 Å². The lowest BCUT2D eigenvalue weighted by atomic mass is 9.97. The highest BCUT2D eigenvalue weighted by atomic mass is 15.1. The summed E-state index contributed by atoms with van der Waals surface area (Å²) in [6, 6.07) is 25.8. The quantitative estimate of drug-likeness (QED) is 0.346. The van der Waals surface area contributed by atoms with Gasteiger partial charge in [0.15, 0.2) is 0 Å². The van der Waals surface area contributed by atoms with E-state index in [0.717, 1.165) is 45.8 Å². The summed E-state index contributed by atoms with van der Waals surface area (Å²) < 4.78 is 0. The van der Waals surface area contributed by atoms with Gasteiger partial charge in [-0.05, 0) is 77.1 Å². The molecule has 0 aliphatic carbocycles. The number of hydrogen-bond donors (Lipinski definition) is 1. The van der Waals surface area contributed by atoms with Gasteiger partial charge in [-0.25, -0.2) is 0 Å². The van der Waals surface area contributed by atoms with Crippen molar-refractivity contribution in [2.45, 2.75) is 13.3 Å². The average molecular weight is 519 g/mol. The van der Waals surface area contributed by atoms with Gasteiger partial charge in [0.1, 0.15) is 0 Å². The Kier molecular flexibility index (Phi) is 8.70. The second-order valence-electron chi connectivity index (χ2n) is 9.55. The maximum atomic E-state index is 4.38. The summed E-state index contributed by atoms with van der Waals surface area (Å²) in [7, 11) is 0. The van der Waals surface area contributed by atoms with Gasteiger partial charge in [0, 0.05) is 29.5 Å². The van der Waals surface area contributed by atoms with Crippen molar-refractivity contribution in [1.29, 1.82) is 0 Å². The number of nitrogens with zero attached hydrogens (tertiary/aromatic N) is 1. The fourth-order valence-corrected chi connectivity index (χ4v) is 4.84. The highest BCUT2D eigenvalue weighted by Crippen LogP contribution is 2.34. The van der Waals surface area contributed by atoms with Gasteiger partial charge >= 0.3 is 0 Å². The molecule has 2 heterocycles. The molecular formula is C38H34N2. The highest BCUT2D eigenvalue weighted by Gasteiger charge is 2.15. The standard InChI is InChI=1S/C38H34N2/c1-3-4-6-18-35-29-39-28-13-19-31(22-23-33-15-9-11-20-37(33)35)32-24-26-36(27-25-32)40-30(2)14-7-5-8-16-34-17-10-12-21-38(34)40/h3-15,17-29,39H,2,16H2,1H3/b4-3-,8-5-,14-7-,18-6-,23-22?,28-13+,31-19?,35-29-. The first-order valence-electron chi connectivity index (χ1n) is 13.6. The van der Waals surface area contributed by atoms with Gasteiger partial charge < -0.3 is 10.2 Å². The molecule has 3 aromatic rings. The zero-order chi connectivity index (χ0) is 27.6. The van der Waals surface area contributed by atoms with Crippen LogP contribution in [0.2, 0.25) is 0 Å². The lowest BCUT2D eigenvalue weighted by Gasteiger charge is -2.27. The van der Waals surface area contributed by atoms with E-state index < -0.39 is 0 Å². The predicted molar refractivity (Wildman–Crippen MR) is 174 cm³/mol. The monoisotopic (exact) mass is 518 g/mol. The molecular weight excluding hydrogens is 484 g/mol. The number of nitrogens with one attached hydrogen (secondary N) is 1. The van der Waals surface area contributed by atoms with Crippen LogP contribution in [0.4, 0.5) is 11.4 Å². The summed E-state index contributed by atoms with van der Waals surface area (Å²) in [6.45, 7) is 6.40. The van der Waals surface area contributed by atoms with Crippen LogP contribution in [0.3, 0.4) is 0 Å². The van der Waals surface area contributed by atoms with Crippen LogP contribution in [-0.2, 0) is 6.42 Å². The van der Waals surface area contributed by atoms with E-state index in [9.17, 15) is 0 Å². The Morgan fingerprint density at radius 2 is 1.65 bits per heavy atom. The van der Waals surface area contributed by atoms with E-state index in [0.29, 0.717) is 0 Å². The van der Waals surface area contributed by atoms with E-state index in [4.69, 9.17) is 0 Å². The summed E-state index contributed by atoms with van der Waals surface area (Å²) in [4.78, 5) is 2.23. The molecule has 0 bridgehead atoms. The van der Waals surface area contributed by atoms with Crippen LogP contribution in [0.1, 0.15) is 29.2 Å². The molecule has 0 saturated carbocycles. The molecule has 0 aromatic heterocycles. The van der Waals surface area contributed by atoms with Crippen LogP contribution in [0.5, 0.6) is 0 Å². The van der Waals surface area contributed by atoms with Gasteiger partial charge in [-0.2, -0.15) is 0 Å². The van der Waals surface area contributed by atoms with E-state index in [1.54, 1.807) is 0 Å². The van der Waals surface area contributed by atoms with Gasteiger partial charge in [-0.3, -0.25) is 0 Å². The first-order chi connectivity index (χ1) is 19.7. The zero-order valence-electron chi connectivity index (χ0n) is 22.9. The highest BCUT2D eigenvalue weighted by molar-refractivity contribution is 5.85. The van der Waals surface area contributed by atoms with Crippen LogP contribution < -0.4 is 10.2 Å². The molecule has 0 unspecified atom stereocenters. The minimum atomic E-state index is 0.879. The molecule has 0 fully saturated rings. The van der Waals surface area contributed by atoms with Crippen molar-refractivity contribution >= 4 is 28.6 Å². The normalized spacial score (nSPS) is 19.1. The molecule has 2 nitrogen and oxygen atoms in total. The second-order valence-corrected chi connectivity index (χ2v) is 9.55. The van der Waals surface area contributed by atoms with E-state index in [2.05, 4.69) is 144 Å². The molecule has 0 radical (unpaired) electrons. The van der Waals surface area contributed by atoms with Crippen molar-refractivity contribution in [3.8, 4) is 0 Å². The Labute approximate surface area is 238 Å². The SMILES string of the molecule is C=C1/C=C\C=C/Cc2ccccc2N1c1ccc(C2=C/C=C/N/C=C(/C=C\C=C/C)c3ccccc3C=C2)cc1. The Morgan fingerprint density at radius 1 is 0.825 bits per heavy atom. The first kappa shape index (κ1) is 26.5. The minimum absolute atomic E-state index is 0.879. The fraction of sp³-hybridized carbons (Fsp3) is 0.0526. The van der Waals surface area contributed by atoms with Crippen LogP contribution in [0.15, 0.2) is 164 Å². The van der Waals surface area contributed by atoms with Crippen LogP contribution in [-0.4, -0.2) is 0 Å². The van der Waals surface area contributed by atoms with E-state index >= 15 is 0 Å². The molecule has 2 aliphatic rings. The molecule has 0 spiro atoms. The molecule has 1 N–H and O–H groups in total. The predicted octanol–water partition coefficient (Wildman–Crippen LogP) is 9.69. The average Bonchev–Trinajstić information content (AvgIpc) is 3.03. The van der Waals surface area contributed by atoms with Crippen molar-refractivity contribution in [3.63, 3.8) is 0 Å². The Hall–Kier alpha value is -5.08. The summed E-state index contributed by atoms with van der Waals surface area (Å²) in [6.07, 6.45) is 30.1. The molecule has 5 rings (SSSR count). The van der Waals surface area contributed by atoms with Crippen molar-refractivity contribution in [1.82, 2.24) is 5.32 Å². The Morgan fingerprint density at radius 3 is 2.52 bits per heavy atom. The zero-order valence-corrected chi connectivity index (χ0v) is 22.9. The summed E-state index contributed by atoms with van der Waals surface area (Å²) in [5, 5.41) is 3.34.